The molecular weight excluding hydrogens is 426 g/mol. The van der Waals surface area contributed by atoms with E-state index in [0.29, 0.717) is 5.69 Å². The Bertz CT molecular complexity index is 1400. The van der Waals surface area contributed by atoms with E-state index in [0.717, 1.165) is 64.7 Å². The average molecular weight is 452 g/mol. The molecule has 6 rings (SSSR count). The summed E-state index contributed by atoms with van der Waals surface area (Å²) in [5.74, 6) is 1.14. The summed E-state index contributed by atoms with van der Waals surface area (Å²) in [6, 6.07) is 20.3. The summed E-state index contributed by atoms with van der Waals surface area (Å²) in [6.45, 7) is 0. The van der Waals surface area contributed by atoms with E-state index in [-0.39, 0.29) is 17.9 Å². The highest BCUT2D eigenvalue weighted by molar-refractivity contribution is 5.87. The van der Waals surface area contributed by atoms with Gasteiger partial charge in [0.15, 0.2) is 5.82 Å². The first-order valence-corrected chi connectivity index (χ1v) is 11.5. The van der Waals surface area contributed by atoms with Crippen LogP contribution in [0.1, 0.15) is 30.5 Å². The lowest BCUT2D eigenvalue weighted by Gasteiger charge is -2.38. The number of hydrogen-bond acceptors (Lipinski definition) is 6. The molecule has 4 aromatic rings. The molecule has 1 fully saturated rings. The number of carbonyl (C=O) groups excluding carboxylic acids is 1. The van der Waals surface area contributed by atoms with Gasteiger partial charge >= 0.3 is 5.97 Å². The van der Waals surface area contributed by atoms with Gasteiger partial charge < -0.3 is 15.8 Å². The fraction of sp³-hybridized carbons (Fsp3) is 0.222. The fourth-order valence-electron chi connectivity index (χ4n) is 4.90. The number of imidazole rings is 1. The highest BCUT2D eigenvalue weighted by atomic mass is 16.5. The van der Waals surface area contributed by atoms with Gasteiger partial charge in [-0.1, -0.05) is 36.4 Å². The number of methoxy groups -OCH3 is 1. The summed E-state index contributed by atoms with van der Waals surface area (Å²) in [4.78, 5) is 21.9. The summed E-state index contributed by atoms with van der Waals surface area (Å²) < 4.78 is 7.09. The van der Waals surface area contributed by atoms with E-state index in [1.54, 1.807) is 6.20 Å². The van der Waals surface area contributed by atoms with Gasteiger partial charge in [0.05, 0.1) is 36.3 Å². The number of pyridine rings is 1. The second kappa shape index (κ2) is 7.81. The maximum atomic E-state index is 12.4. The second-order valence-corrected chi connectivity index (χ2v) is 8.95. The van der Waals surface area contributed by atoms with Gasteiger partial charge in [0, 0.05) is 22.9 Å². The molecule has 7 heteroatoms. The Morgan fingerprint density at radius 1 is 1.12 bits per heavy atom. The van der Waals surface area contributed by atoms with Crippen molar-refractivity contribution in [2.24, 2.45) is 5.73 Å². The highest BCUT2D eigenvalue weighted by Gasteiger charge is 2.34. The number of carbonyl (C=O) groups is 1. The van der Waals surface area contributed by atoms with Crippen LogP contribution < -0.4 is 11.1 Å². The number of para-hydroxylation sites is 1. The van der Waals surface area contributed by atoms with E-state index < -0.39 is 0 Å². The third-order valence-electron chi connectivity index (χ3n) is 6.92. The minimum absolute atomic E-state index is 0.0690. The first-order chi connectivity index (χ1) is 16.6. The number of anilines is 2. The van der Waals surface area contributed by atoms with E-state index in [1.165, 1.54) is 7.11 Å². The van der Waals surface area contributed by atoms with Crippen LogP contribution in [0.3, 0.4) is 0 Å². The first kappa shape index (κ1) is 20.6. The first-order valence-electron chi connectivity index (χ1n) is 11.5. The van der Waals surface area contributed by atoms with Gasteiger partial charge in [-0.25, -0.2) is 9.97 Å². The zero-order chi connectivity index (χ0) is 23.3. The van der Waals surface area contributed by atoms with Gasteiger partial charge in [-0.05, 0) is 49.1 Å². The van der Waals surface area contributed by atoms with Crippen molar-refractivity contribution >= 4 is 17.5 Å². The minimum atomic E-state index is -0.334. The molecule has 1 aliphatic carbocycles. The Kier molecular flexibility index (Phi) is 4.74. The Morgan fingerprint density at radius 3 is 2.65 bits per heavy atom. The van der Waals surface area contributed by atoms with E-state index in [1.807, 2.05) is 36.4 Å². The van der Waals surface area contributed by atoms with Crippen molar-refractivity contribution in [3.8, 4) is 28.3 Å². The quantitative estimate of drug-likeness (QED) is 0.384. The summed E-state index contributed by atoms with van der Waals surface area (Å²) in [5.41, 5.74) is 12.6. The third-order valence-corrected chi connectivity index (χ3v) is 6.92. The molecule has 0 amide bonds. The van der Waals surface area contributed by atoms with E-state index >= 15 is 0 Å². The van der Waals surface area contributed by atoms with Gasteiger partial charge in [0.1, 0.15) is 5.82 Å². The second-order valence-electron chi connectivity index (χ2n) is 8.95. The molecule has 170 valence electrons. The summed E-state index contributed by atoms with van der Waals surface area (Å²) in [7, 11) is 1.40. The number of nitrogens with two attached hydrogens (primary N) is 1. The molecule has 34 heavy (non-hydrogen) atoms. The maximum Gasteiger partial charge on any atom is 0.311 e. The molecule has 3 N–H and O–H groups in total. The number of fused-ring (bicyclic) bond motifs is 5. The van der Waals surface area contributed by atoms with Crippen LogP contribution in [-0.2, 0) is 21.5 Å². The molecular formula is C27H25N5O2. The molecule has 3 heterocycles. The lowest BCUT2D eigenvalue weighted by atomic mass is 9.72. The molecule has 1 aliphatic heterocycles. The lowest BCUT2D eigenvalue weighted by molar-refractivity contribution is -0.139. The number of nitrogens with one attached hydrogen (secondary N) is 1. The average Bonchev–Trinajstić information content (AvgIpc) is 3.15. The Hall–Kier alpha value is -3.97. The van der Waals surface area contributed by atoms with Crippen molar-refractivity contribution in [3.05, 3.63) is 78.1 Å². The molecule has 2 aromatic carbocycles. The fourth-order valence-corrected chi connectivity index (χ4v) is 4.90. The van der Waals surface area contributed by atoms with Gasteiger partial charge in [0.25, 0.3) is 0 Å². The molecule has 2 aliphatic rings. The zero-order valence-corrected chi connectivity index (χ0v) is 18.9. The van der Waals surface area contributed by atoms with E-state index in [4.69, 9.17) is 15.5 Å². The summed E-state index contributed by atoms with van der Waals surface area (Å²) in [6.07, 6.45) is 5.00. The van der Waals surface area contributed by atoms with Gasteiger partial charge in [-0.2, -0.15) is 0 Å². The van der Waals surface area contributed by atoms with Crippen LogP contribution in [0.4, 0.5) is 11.5 Å². The van der Waals surface area contributed by atoms with E-state index in [9.17, 15) is 4.79 Å². The highest BCUT2D eigenvalue weighted by Crippen LogP contribution is 2.43. The largest absolute Gasteiger partial charge is 0.469 e. The van der Waals surface area contributed by atoms with Crippen molar-refractivity contribution in [1.29, 1.82) is 0 Å². The van der Waals surface area contributed by atoms with Crippen molar-refractivity contribution in [1.82, 2.24) is 14.5 Å². The van der Waals surface area contributed by atoms with Crippen LogP contribution in [0.5, 0.6) is 0 Å². The Labute approximate surface area is 197 Å². The van der Waals surface area contributed by atoms with Crippen molar-refractivity contribution < 1.29 is 9.53 Å². The molecule has 0 radical (unpaired) electrons. The smallest absolute Gasteiger partial charge is 0.311 e. The normalized spacial score (nSPS) is 15.1. The van der Waals surface area contributed by atoms with E-state index in [2.05, 4.69) is 39.1 Å². The van der Waals surface area contributed by atoms with Crippen molar-refractivity contribution in [3.63, 3.8) is 0 Å². The molecule has 2 aromatic heterocycles. The topological polar surface area (TPSA) is 95.1 Å². The number of ether oxygens (including phenoxy) is 1. The number of hydrogen-bond donors (Lipinski definition) is 2. The monoisotopic (exact) mass is 451 g/mol. The van der Waals surface area contributed by atoms with Crippen LogP contribution in [-0.4, -0.2) is 27.6 Å². The maximum absolute atomic E-state index is 12.4. The van der Waals surface area contributed by atoms with Crippen molar-refractivity contribution in [2.45, 2.75) is 31.2 Å². The van der Waals surface area contributed by atoms with Crippen LogP contribution in [0, 0.1) is 0 Å². The molecule has 1 saturated carbocycles. The standard InChI is InChI=1S/C27H25N5O2/c1-34-23(33)16-21-24(17-9-11-18(12-10-17)27(28)13-5-14-27)32-22-8-4-15-29-25(22)30-20-7-3-2-6-19(20)26(32)31-21/h2-4,6-12,15H,5,13-14,16,28H2,1H3,(H,29,30). The zero-order valence-electron chi connectivity index (χ0n) is 18.9. The predicted molar refractivity (Wildman–Crippen MR) is 131 cm³/mol. The SMILES string of the molecule is COC(=O)Cc1nc2n(c1-c1ccc(C3(N)CCC3)cc1)-c1cccnc1Nc1ccccc1-2. The molecule has 0 atom stereocenters. The Morgan fingerprint density at radius 2 is 1.91 bits per heavy atom. The predicted octanol–water partition coefficient (Wildman–Crippen LogP) is 4.71. The minimum Gasteiger partial charge on any atom is -0.469 e. The Balaban J connectivity index is 1.61. The van der Waals surface area contributed by atoms with Gasteiger partial charge in [-0.15, -0.1) is 0 Å². The van der Waals surface area contributed by atoms with Gasteiger partial charge in [-0.3, -0.25) is 9.36 Å². The van der Waals surface area contributed by atoms with Crippen LogP contribution >= 0.6 is 0 Å². The molecule has 0 bridgehead atoms. The number of aromatic nitrogens is 3. The van der Waals surface area contributed by atoms with Crippen LogP contribution in [0.15, 0.2) is 66.9 Å². The number of rotatable bonds is 4. The lowest BCUT2D eigenvalue weighted by Crippen LogP contribution is -2.43. The summed E-state index contributed by atoms with van der Waals surface area (Å²) in [5, 5.41) is 3.45. The summed E-state index contributed by atoms with van der Waals surface area (Å²) >= 11 is 0. The van der Waals surface area contributed by atoms with Crippen LogP contribution in [0.25, 0.3) is 28.3 Å². The molecule has 0 spiro atoms. The number of esters is 1. The van der Waals surface area contributed by atoms with Crippen molar-refractivity contribution in [2.75, 3.05) is 12.4 Å². The van der Waals surface area contributed by atoms with Gasteiger partial charge in [0.2, 0.25) is 0 Å². The third kappa shape index (κ3) is 3.20. The molecule has 7 nitrogen and oxygen atoms in total. The molecule has 0 saturated heterocycles. The number of nitrogens with zero attached hydrogens (tertiary/aromatic N) is 3. The van der Waals surface area contributed by atoms with Crippen LogP contribution in [0.2, 0.25) is 0 Å². The molecule has 0 unspecified atom stereocenters. The number of benzene rings is 2.